The zero-order chi connectivity index (χ0) is 25.4. The normalized spacial score (nSPS) is 17.1. The molecule has 0 spiro atoms. The van der Waals surface area contributed by atoms with E-state index in [1.807, 2.05) is 6.92 Å². The molecule has 1 aromatic heterocycles. The zero-order valence-corrected chi connectivity index (χ0v) is 21.0. The number of benzene rings is 3. The molecule has 2 heterocycles. The van der Waals surface area contributed by atoms with Gasteiger partial charge in [-0.25, -0.2) is 4.98 Å². The first-order valence-corrected chi connectivity index (χ1v) is 12.3. The minimum atomic E-state index is -0.890. The van der Waals surface area contributed by atoms with Crippen molar-refractivity contribution in [2.45, 2.75) is 13.0 Å². The molecule has 1 fully saturated rings. The van der Waals surface area contributed by atoms with E-state index in [1.165, 1.54) is 16.2 Å². The number of amides is 1. The number of hydrogen-bond acceptors (Lipinski definition) is 7. The molecule has 0 bridgehead atoms. The maximum absolute atomic E-state index is 13.4. The molecule has 0 saturated carbocycles. The van der Waals surface area contributed by atoms with Gasteiger partial charge in [0.2, 0.25) is 0 Å². The number of carbonyl (C=O) groups excluding carboxylic acids is 2. The third kappa shape index (κ3) is 4.19. The second-order valence-corrected chi connectivity index (χ2v) is 9.45. The van der Waals surface area contributed by atoms with E-state index in [0.29, 0.717) is 44.9 Å². The number of aliphatic hydroxyl groups is 1. The van der Waals surface area contributed by atoms with Crippen LogP contribution in [-0.2, 0) is 9.59 Å². The van der Waals surface area contributed by atoms with E-state index in [1.54, 1.807) is 73.8 Å². The molecule has 1 amide bonds. The van der Waals surface area contributed by atoms with Crippen LogP contribution in [-0.4, -0.2) is 35.5 Å². The number of hydrogen-bond donors (Lipinski definition) is 1. The molecule has 4 aromatic rings. The van der Waals surface area contributed by atoms with Gasteiger partial charge in [-0.2, -0.15) is 0 Å². The average Bonchev–Trinajstić information content (AvgIpc) is 3.42. The largest absolute Gasteiger partial charge is 0.507 e. The maximum Gasteiger partial charge on any atom is 0.301 e. The Morgan fingerprint density at radius 3 is 2.42 bits per heavy atom. The van der Waals surface area contributed by atoms with E-state index < -0.39 is 17.7 Å². The monoisotopic (exact) mass is 520 g/mol. The van der Waals surface area contributed by atoms with Gasteiger partial charge in [0.1, 0.15) is 17.3 Å². The van der Waals surface area contributed by atoms with Gasteiger partial charge in [-0.1, -0.05) is 35.1 Å². The summed E-state index contributed by atoms with van der Waals surface area (Å²) in [6.45, 7) is 2.38. The number of aromatic nitrogens is 1. The number of rotatable bonds is 6. The summed E-state index contributed by atoms with van der Waals surface area (Å²) in [6, 6.07) is 18.1. The molecule has 1 N–H and O–H groups in total. The Bertz CT molecular complexity index is 1500. The van der Waals surface area contributed by atoms with Crippen LogP contribution in [0.5, 0.6) is 11.5 Å². The predicted molar refractivity (Wildman–Crippen MR) is 140 cm³/mol. The molecule has 36 heavy (non-hydrogen) atoms. The predicted octanol–water partition coefficient (Wildman–Crippen LogP) is 5.98. The fraction of sp³-hybridized carbons (Fsp3) is 0.148. The standard InChI is InChI=1S/C27H21ClN2O5S/c1-3-35-19-11-6-16(7-12-19)24(31)22-23(15-4-9-18(34-2)10-5-15)30(26(33)25(22)32)27-29-20-13-8-17(28)14-21(20)36-27/h4-14,23,31H,3H2,1-2H3. The lowest BCUT2D eigenvalue weighted by Gasteiger charge is -2.23. The number of ether oxygens (including phenoxy) is 2. The third-order valence-electron chi connectivity index (χ3n) is 5.86. The number of fused-ring (bicyclic) bond motifs is 1. The molecule has 182 valence electrons. The Balaban J connectivity index is 1.68. The number of ketones is 1. The van der Waals surface area contributed by atoms with Gasteiger partial charge in [0, 0.05) is 10.6 Å². The van der Waals surface area contributed by atoms with Crippen LogP contribution in [0.1, 0.15) is 24.1 Å². The Kier molecular flexibility index (Phi) is 6.38. The molecule has 3 aromatic carbocycles. The lowest BCUT2D eigenvalue weighted by molar-refractivity contribution is -0.132. The number of carbonyl (C=O) groups is 2. The van der Waals surface area contributed by atoms with E-state index in [0.717, 1.165) is 4.70 Å². The SMILES string of the molecule is CCOc1ccc(C(O)=C2C(=O)C(=O)N(c3nc4ccc(Cl)cc4s3)C2c2ccc(OC)cc2)cc1. The number of Topliss-reactive ketones (excluding diaryl/α,β-unsaturated/α-hetero) is 1. The number of anilines is 1. The highest BCUT2D eigenvalue weighted by atomic mass is 35.5. The molecule has 1 atom stereocenters. The summed E-state index contributed by atoms with van der Waals surface area (Å²) in [5.41, 5.74) is 1.65. The van der Waals surface area contributed by atoms with Crippen LogP contribution in [0.2, 0.25) is 5.02 Å². The molecule has 1 unspecified atom stereocenters. The highest BCUT2D eigenvalue weighted by Gasteiger charge is 2.48. The molecule has 7 nitrogen and oxygen atoms in total. The van der Waals surface area contributed by atoms with Crippen LogP contribution >= 0.6 is 22.9 Å². The van der Waals surface area contributed by atoms with Gasteiger partial charge in [0.25, 0.3) is 5.78 Å². The van der Waals surface area contributed by atoms with Gasteiger partial charge in [0.15, 0.2) is 5.13 Å². The van der Waals surface area contributed by atoms with E-state index in [4.69, 9.17) is 21.1 Å². The molecule has 0 radical (unpaired) electrons. The Labute approximate surface area is 216 Å². The Morgan fingerprint density at radius 2 is 1.75 bits per heavy atom. The summed E-state index contributed by atoms with van der Waals surface area (Å²) in [5, 5.41) is 12.2. The smallest absolute Gasteiger partial charge is 0.301 e. The number of aliphatic hydroxyl groups excluding tert-OH is 1. The van der Waals surface area contributed by atoms with Crippen molar-refractivity contribution in [3.05, 3.63) is 88.5 Å². The molecule has 1 aliphatic heterocycles. The van der Waals surface area contributed by atoms with Gasteiger partial charge >= 0.3 is 5.91 Å². The molecule has 9 heteroatoms. The Hall–Kier alpha value is -3.88. The van der Waals surface area contributed by atoms with Gasteiger partial charge in [0.05, 0.1) is 35.5 Å². The van der Waals surface area contributed by atoms with Crippen LogP contribution in [0, 0.1) is 0 Å². The third-order valence-corrected chi connectivity index (χ3v) is 7.11. The second-order valence-electron chi connectivity index (χ2n) is 8.01. The highest BCUT2D eigenvalue weighted by Crippen LogP contribution is 2.44. The summed E-state index contributed by atoms with van der Waals surface area (Å²) in [5.74, 6) is -0.581. The summed E-state index contributed by atoms with van der Waals surface area (Å²) >= 11 is 7.39. The van der Waals surface area contributed by atoms with Crippen molar-refractivity contribution in [3.63, 3.8) is 0 Å². The van der Waals surface area contributed by atoms with Crippen molar-refractivity contribution >= 4 is 55.7 Å². The van der Waals surface area contributed by atoms with Crippen molar-refractivity contribution < 1.29 is 24.2 Å². The summed E-state index contributed by atoms with van der Waals surface area (Å²) in [7, 11) is 1.55. The van der Waals surface area contributed by atoms with Gasteiger partial charge in [-0.3, -0.25) is 14.5 Å². The van der Waals surface area contributed by atoms with Crippen LogP contribution in [0.3, 0.4) is 0 Å². The van der Waals surface area contributed by atoms with Crippen molar-refractivity contribution in [3.8, 4) is 11.5 Å². The zero-order valence-electron chi connectivity index (χ0n) is 19.4. The first kappa shape index (κ1) is 23.8. The number of nitrogens with zero attached hydrogens (tertiary/aromatic N) is 2. The quantitative estimate of drug-likeness (QED) is 0.191. The Morgan fingerprint density at radius 1 is 1.06 bits per heavy atom. The van der Waals surface area contributed by atoms with E-state index in [-0.39, 0.29) is 11.3 Å². The van der Waals surface area contributed by atoms with E-state index >= 15 is 0 Å². The van der Waals surface area contributed by atoms with Gasteiger partial charge < -0.3 is 14.6 Å². The number of methoxy groups -OCH3 is 1. The topological polar surface area (TPSA) is 89.0 Å². The van der Waals surface area contributed by atoms with E-state index in [9.17, 15) is 14.7 Å². The molecule has 1 saturated heterocycles. The number of thiazole rings is 1. The van der Waals surface area contributed by atoms with Crippen LogP contribution in [0.25, 0.3) is 16.0 Å². The van der Waals surface area contributed by atoms with E-state index in [2.05, 4.69) is 4.98 Å². The van der Waals surface area contributed by atoms with Crippen LogP contribution in [0.4, 0.5) is 5.13 Å². The highest BCUT2D eigenvalue weighted by molar-refractivity contribution is 7.22. The fourth-order valence-electron chi connectivity index (χ4n) is 4.15. The minimum absolute atomic E-state index is 0.0217. The lowest BCUT2D eigenvalue weighted by atomic mass is 9.95. The first-order chi connectivity index (χ1) is 17.4. The average molecular weight is 521 g/mol. The molecule has 0 aliphatic carbocycles. The fourth-order valence-corrected chi connectivity index (χ4v) is 5.42. The van der Waals surface area contributed by atoms with Crippen LogP contribution < -0.4 is 14.4 Å². The van der Waals surface area contributed by atoms with Crippen molar-refractivity contribution in [1.82, 2.24) is 4.98 Å². The molecule has 1 aliphatic rings. The second kappa shape index (κ2) is 9.64. The van der Waals surface area contributed by atoms with Crippen molar-refractivity contribution in [1.29, 1.82) is 0 Å². The summed E-state index contributed by atoms with van der Waals surface area (Å²) < 4.78 is 11.5. The van der Waals surface area contributed by atoms with Gasteiger partial charge in [-0.05, 0) is 67.1 Å². The summed E-state index contributed by atoms with van der Waals surface area (Å²) in [4.78, 5) is 32.6. The number of halogens is 1. The first-order valence-electron chi connectivity index (χ1n) is 11.2. The van der Waals surface area contributed by atoms with Gasteiger partial charge in [-0.15, -0.1) is 0 Å². The van der Waals surface area contributed by atoms with Crippen molar-refractivity contribution in [2.75, 3.05) is 18.6 Å². The van der Waals surface area contributed by atoms with Crippen molar-refractivity contribution in [2.24, 2.45) is 0 Å². The molecule has 5 rings (SSSR count). The molecular formula is C27H21ClN2O5S. The molecular weight excluding hydrogens is 500 g/mol. The minimum Gasteiger partial charge on any atom is -0.507 e. The summed E-state index contributed by atoms with van der Waals surface area (Å²) in [6.07, 6.45) is 0. The van der Waals surface area contributed by atoms with Crippen LogP contribution in [0.15, 0.2) is 72.3 Å². The lowest BCUT2D eigenvalue weighted by Crippen LogP contribution is -2.29. The maximum atomic E-state index is 13.4.